The molecule has 2 aliphatic carbocycles. The maximum Gasteiger partial charge on any atom is 0.123 e. The van der Waals surface area contributed by atoms with Gasteiger partial charge in [0.05, 0.1) is 0 Å². The highest BCUT2D eigenvalue weighted by Gasteiger charge is 2.40. The number of halogens is 1. The van der Waals surface area contributed by atoms with Crippen molar-refractivity contribution in [2.75, 3.05) is 19.6 Å². The predicted molar refractivity (Wildman–Crippen MR) is 88.5 cm³/mol. The predicted octanol–water partition coefficient (Wildman–Crippen LogP) is 4.75. The minimum atomic E-state index is -0.0787. The van der Waals surface area contributed by atoms with E-state index in [0.717, 1.165) is 17.8 Å². The van der Waals surface area contributed by atoms with Crippen LogP contribution in [0.5, 0.6) is 0 Å². The Morgan fingerprint density at radius 3 is 2.59 bits per heavy atom. The van der Waals surface area contributed by atoms with Crippen LogP contribution >= 0.6 is 0 Å². The van der Waals surface area contributed by atoms with Crippen LogP contribution in [0.3, 0.4) is 0 Å². The SMILES string of the molecule is Cc1ccc(F)cc1C1CCN(CC2C[C@H]3CC[C@H]2C3)CC1. The van der Waals surface area contributed by atoms with E-state index < -0.39 is 0 Å². The molecule has 3 atom stereocenters. The summed E-state index contributed by atoms with van der Waals surface area (Å²) in [6, 6.07) is 5.29. The third-order valence-electron chi connectivity index (χ3n) is 6.65. The number of rotatable bonds is 3. The normalized spacial score (nSPS) is 32.7. The number of piperidine rings is 1. The van der Waals surface area contributed by atoms with E-state index in [2.05, 4.69) is 11.8 Å². The monoisotopic (exact) mass is 301 g/mol. The fraction of sp³-hybridized carbons (Fsp3) is 0.700. The summed E-state index contributed by atoms with van der Waals surface area (Å²) in [4.78, 5) is 2.69. The summed E-state index contributed by atoms with van der Waals surface area (Å²) in [5.74, 6) is 3.55. The molecule has 2 saturated carbocycles. The van der Waals surface area contributed by atoms with Gasteiger partial charge >= 0.3 is 0 Å². The van der Waals surface area contributed by atoms with E-state index in [1.165, 1.54) is 69.3 Å². The van der Waals surface area contributed by atoms with Gasteiger partial charge in [-0.15, -0.1) is 0 Å². The lowest BCUT2D eigenvalue weighted by Gasteiger charge is -2.36. The summed E-state index contributed by atoms with van der Waals surface area (Å²) in [7, 11) is 0. The molecule has 0 spiro atoms. The molecule has 1 unspecified atom stereocenters. The highest BCUT2D eigenvalue weighted by molar-refractivity contribution is 5.30. The highest BCUT2D eigenvalue weighted by Crippen LogP contribution is 2.48. The Kier molecular flexibility index (Phi) is 3.98. The first kappa shape index (κ1) is 14.7. The first-order valence-corrected chi connectivity index (χ1v) is 9.17. The molecule has 3 aliphatic rings. The van der Waals surface area contributed by atoms with Crippen LogP contribution in [0, 0.1) is 30.5 Å². The fourth-order valence-corrected chi connectivity index (χ4v) is 5.41. The Hall–Kier alpha value is -0.890. The second kappa shape index (κ2) is 5.96. The Labute approximate surface area is 133 Å². The van der Waals surface area contributed by atoms with Gasteiger partial charge in [0.15, 0.2) is 0 Å². The van der Waals surface area contributed by atoms with E-state index in [0.29, 0.717) is 5.92 Å². The zero-order chi connectivity index (χ0) is 15.1. The number of hydrogen-bond acceptors (Lipinski definition) is 1. The number of fused-ring (bicyclic) bond motifs is 2. The van der Waals surface area contributed by atoms with Gasteiger partial charge in [0.1, 0.15) is 5.82 Å². The standard InChI is InChI=1S/C20H28FN/c1-14-2-5-19(21)12-20(14)16-6-8-22(9-7-16)13-18-11-15-3-4-17(18)10-15/h2,5,12,15-18H,3-4,6-11,13H2,1H3/t15-,17-,18?/m0/s1. The number of likely N-dealkylation sites (tertiary alicyclic amines) is 1. The molecule has 2 heteroatoms. The Balaban J connectivity index is 1.33. The quantitative estimate of drug-likeness (QED) is 0.778. The molecule has 22 heavy (non-hydrogen) atoms. The van der Waals surface area contributed by atoms with Crippen LogP contribution in [0.2, 0.25) is 0 Å². The molecule has 0 amide bonds. The molecule has 1 saturated heterocycles. The average molecular weight is 301 g/mol. The van der Waals surface area contributed by atoms with Gasteiger partial charge in [-0.25, -0.2) is 4.39 Å². The number of hydrogen-bond donors (Lipinski definition) is 0. The summed E-state index contributed by atoms with van der Waals surface area (Å²) in [6.07, 6.45) is 8.41. The molecule has 2 bridgehead atoms. The zero-order valence-corrected chi connectivity index (χ0v) is 13.7. The van der Waals surface area contributed by atoms with Crippen molar-refractivity contribution in [2.24, 2.45) is 17.8 Å². The van der Waals surface area contributed by atoms with Crippen LogP contribution in [0.25, 0.3) is 0 Å². The van der Waals surface area contributed by atoms with Crippen LogP contribution in [0.4, 0.5) is 4.39 Å². The van der Waals surface area contributed by atoms with Gasteiger partial charge in [-0.3, -0.25) is 0 Å². The van der Waals surface area contributed by atoms with Crippen molar-refractivity contribution < 1.29 is 4.39 Å². The fourth-order valence-electron chi connectivity index (χ4n) is 5.41. The van der Waals surface area contributed by atoms with Gasteiger partial charge in [-0.05, 0) is 99.0 Å². The Bertz CT molecular complexity index is 533. The zero-order valence-electron chi connectivity index (χ0n) is 13.7. The van der Waals surface area contributed by atoms with E-state index in [9.17, 15) is 4.39 Å². The van der Waals surface area contributed by atoms with Crippen LogP contribution in [-0.2, 0) is 0 Å². The van der Waals surface area contributed by atoms with Gasteiger partial charge in [-0.2, -0.15) is 0 Å². The minimum Gasteiger partial charge on any atom is -0.303 e. The van der Waals surface area contributed by atoms with E-state index in [-0.39, 0.29) is 5.82 Å². The van der Waals surface area contributed by atoms with Crippen molar-refractivity contribution in [1.82, 2.24) is 4.90 Å². The number of aryl methyl sites for hydroxylation is 1. The second-order valence-corrected chi connectivity index (χ2v) is 8.01. The van der Waals surface area contributed by atoms with E-state index in [4.69, 9.17) is 0 Å². The lowest BCUT2D eigenvalue weighted by Crippen LogP contribution is -2.38. The first-order chi connectivity index (χ1) is 10.7. The molecule has 0 N–H and O–H groups in total. The molecule has 1 aliphatic heterocycles. The Morgan fingerprint density at radius 1 is 1.09 bits per heavy atom. The lowest BCUT2D eigenvalue weighted by atomic mass is 9.85. The van der Waals surface area contributed by atoms with Gasteiger partial charge in [0, 0.05) is 6.54 Å². The molecule has 1 aromatic carbocycles. The maximum atomic E-state index is 13.5. The largest absolute Gasteiger partial charge is 0.303 e. The van der Waals surface area contributed by atoms with Crippen LogP contribution in [-0.4, -0.2) is 24.5 Å². The smallest absolute Gasteiger partial charge is 0.123 e. The molecule has 1 heterocycles. The third-order valence-corrected chi connectivity index (χ3v) is 6.65. The van der Waals surface area contributed by atoms with Crippen LogP contribution in [0.15, 0.2) is 18.2 Å². The number of nitrogens with zero attached hydrogens (tertiary/aromatic N) is 1. The minimum absolute atomic E-state index is 0.0787. The summed E-state index contributed by atoms with van der Waals surface area (Å²) < 4.78 is 13.5. The molecule has 120 valence electrons. The third kappa shape index (κ3) is 2.82. The lowest BCUT2D eigenvalue weighted by molar-refractivity contribution is 0.156. The molecular formula is C20H28FN. The van der Waals surface area contributed by atoms with Crippen LogP contribution < -0.4 is 0 Å². The van der Waals surface area contributed by atoms with Crippen molar-refractivity contribution in [2.45, 2.75) is 51.4 Å². The highest BCUT2D eigenvalue weighted by atomic mass is 19.1. The van der Waals surface area contributed by atoms with E-state index in [1.54, 1.807) is 12.1 Å². The number of benzene rings is 1. The van der Waals surface area contributed by atoms with Crippen molar-refractivity contribution in [1.29, 1.82) is 0 Å². The topological polar surface area (TPSA) is 3.24 Å². The van der Waals surface area contributed by atoms with Crippen LogP contribution in [0.1, 0.15) is 55.6 Å². The first-order valence-electron chi connectivity index (χ1n) is 9.17. The molecular weight excluding hydrogens is 273 g/mol. The molecule has 3 fully saturated rings. The molecule has 0 aromatic heterocycles. The summed E-state index contributed by atoms with van der Waals surface area (Å²) in [5, 5.41) is 0. The molecule has 1 aromatic rings. The molecule has 1 nitrogen and oxygen atoms in total. The molecule has 4 rings (SSSR count). The summed E-state index contributed by atoms with van der Waals surface area (Å²) in [5.41, 5.74) is 2.51. The summed E-state index contributed by atoms with van der Waals surface area (Å²) in [6.45, 7) is 5.86. The van der Waals surface area contributed by atoms with E-state index in [1.807, 2.05) is 6.07 Å². The average Bonchev–Trinajstić information content (AvgIpc) is 3.13. The Morgan fingerprint density at radius 2 is 1.91 bits per heavy atom. The van der Waals surface area contributed by atoms with Gasteiger partial charge in [0.2, 0.25) is 0 Å². The molecule has 0 radical (unpaired) electrons. The second-order valence-electron chi connectivity index (χ2n) is 8.01. The van der Waals surface area contributed by atoms with Crippen molar-refractivity contribution in [3.63, 3.8) is 0 Å². The van der Waals surface area contributed by atoms with E-state index >= 15 is 0 Å². The summed E-state index contributed by atoms with van der Waals surface area (Å²) >= 11 is 0. The van der Waals surface area contributed by atoms with Gasteiger partial charge in [-0.1, -0.05) is 12.5 Å². The van der Waals surface area contributed by atoms with Crippen molar-refractivity contribution in [3.05, 3.63) is 35.1 Å². The van der Waals surface area contributed by atoms with Gasteiger partial charge in [0.25, 0.3) is 0 Å². The maximum absolute atomic E-state index is 13.5. The van der Waals surface area contributed by atoms with Crippen molar-refractivity contribution >= 4 is 0 Å². The van der Waals surface area contributed by atoms with Gasteiger partial charge < -0.3 is 4.90 Å². The van der Waals surface area contributed by atoms with Crippen molar-refractivity contribution in [3.8, 4) is 0 Å².